The molecule has 0 heterocycles. The van der Waals surface area contributed by atoms with Gasteiger partial charge < -0.3 is 5.73 Å². The van der Waals surface area contributed by atoms with Crippen molar-refractivity contribution in [2.24, 2.45) is 0 Å². The molecule has 100 valence electrons. The molecule has 2 rings (SSSR count). The van der Waals surface area contributed by atoms with Crippen LogP contribution in [0.3, 0.4) is 0 Å². The Bertz CT molecular complexity index is 626. The molecule has 2 nitrogen and oxygen atoms in total. The van der Waals surface area contributed by atoms with Gasteiger partial charge in [-0.3, -0.25) is 4.21 Å². The van der Waals surface area contributed by atoms with E-state index in [9.17, 15) is 17.4 Å². The number of halogens is 3. The molecule has 0 aliphatic rings. The van der Waals surface area contributed by atoms with Crippen molar-refractivity contribution in [3.05, 3.63) is 59.4 Å². The van der Waals surface area contributed by atoms with Crippen LogP contribution in [0.2, 0.25) is 0 Å². The maximum Gasteiger partial charge on any atom is 0.141 e. The molecular weight excluding hydrogens is 275 g/mol. The Hall–Kier alpha value is -1.82. The minimum absolute atomic E-state index is 0.0427. The molecule has 0 bridgehead atoms. The van der Waals surface area contributed by atoms with Gasteiger partial charge in [0.25, 0.3) is 0 Å². The van der Waals surface area contributed by atoms with Gasteiger partial charge in [0, 0.05) is 11.8 Å². The molecule has 2 N–H and O–H groups in total. The largest absolute Gasteiger partial charge is 0.399 e. The molecule has 2 aromatic carbocycles. The summed E-state index contributed by atoms with van der Waals surface area (Å²) in [6.07, 6.45) is 0. The monoisotopic (exact) mass is 285 g/mol. The lowest BCUT2D eigenvalue weighted by Gasteiger charge is -2.05. The summed E-state index contributed by atoms with van der Waals surface area (Å²) in [6.45, 7) is 0. The van der Waals surface area contributed by atoms with Gasteiger partial charge in [-0.15, -0.1) is 0 Å². The molecule has 1 unspecified atom stereocenters. The van der Waals surface area contributed by atoms with Crippen molar-refractivity contribution < 1.29 is 17.4 Å². The van der Waals surface area contributed by atoms with E-state index in [0.29, 0.717) is 0 Å². The SMILES string of the molecule is Nc1ccc(S(=O)Cc2cc(F)cc(F)c2)c(F)c1. The van der Waals surface area contributed by atoms with E-state index in [-0.39, 0.29) is 21.9 Å². The smallest absolute Gasteiger partial charge is 0.141 e. The van der Waals surface area contributed by atoms with Crippen LogP contribution in [-0.4, -0.2) is 4.21 Å². The highest BCUT2D eigenvalue weighted by atomic mass is 32.2. The molecular formula is C13H10F3NOS. The summed E-state index contributed by atoms with van der Waals surface area (Å²) in [5, 5.41) is 0. The normalized spacial score (nSPS) is 12.4. The Kier molecular flexibility index (Phi) is 3.90. The number of nitrogens with two attached hydrogens (primary N) is 1. The molecule has 19 heavy (non-hydrogen) atoms. The molecule has 0 amide bonds. The molecule has 2 aromatic rings. The first-order valence-electron chi connectivity index (χ1n) is 5.34. The van der Waals surface area contributed by atoms with Crippen molar-refractivity contribution in [3.8, 4) is 0 Å². The Morgan fingerprint density at radius 2 is 1.63 bits per heavy atom. The fourth-order valence-electron chi connectivity index (χ4n) is 1.63. The van der Waals surface area contributed by atoms with Crippen LogP contribution in [0.1, 0.15) is 5.56 Å². The van der Waals surface area contributed by atoms with Crippen LogP contribution in [0.5, 0.6) is 0 Å². The van der Waals surface area contributed by atoms with Crippen molar-refractivity contribution in [1.29, 1.82) is 0 Å². The van der Waals surface area contributed by atoms with E-state index in [2.05, 4.69) is 0 Å². The molecule has 0 saturated heterocycles. The Morgan fingerprint density at radius 1 is 1.00 bits per heavy atom. The fourth-order valence-corrected chi connectivity index (χ4v) is 2.75. The van der Waals surface area contributed by atoms with Crippen LogP contribution < -0.4 is 5.73 Å². The van der Waals surface area contributed by atoms with Crippen molar-refractivity contribution in [1.82, 2.24) is 0 Å². The minimum Gasteiger partial charge on any atom is -0.399 e. The van der Waals surface area contributed by atoms with E-state index in [1.807, 2.05) is 0 Å². The van der Waals surface area contributed by atoms with Gasteiger partial charge in [0.2, 0.25) is 0 Å². The molecule has 0 aliphatic carbocycles. The van der Waals surface area contributed by atoms with E-state index >= 15 is 0 Å². The second-order valence-electron chi connectivity index (χ2n) is 3.96. The molecule has 0 saturated carbocycles. The fraction of sp³-hybridized carbons (Fsp3) is 0.0769. The quantitative estimate of drug-likeness (QED) is 0.881. The predicted octanol–water partition coefficient (Wildman–Crippen LogP) is 2.99. The topological polar surface area (TPSA) is 43.1 Å². The summed E-state index contributed by atoms with van der Waals surface area (Å²) in [7, 11) is -1.73. The highest BCUT2D eigenvalue weighted by molar-refractivity contribution is 7.84. The van der Waals surface area contributed by atoms with Crippen LogP contribution in [0.4, 0.5) is 18.9 Å². The summed E-state index contributed by atoms with van der Waals surface area (Å²) < 4.78 is 51.5. The lowest BCUT2D eigenvalue weighted by atomic mass is 10.2. The average molecular weight is 285 g/mol. The third-order valence-corrected chi connectivity index (χ3v) is 3.84. The zero-order valence-corrected chi connectivity index (χ0v) is 10.5. The van der Waals surface area contributed by atoms with Gasteiger partial charge in [-0.25, -0.2) is 13.2 Å². The maximum absolute atomic E-state index is 13.5. The Balaban J connectivity index is 2.25. The highest BCUT2D eigenvalue weighted by Crippen LogP contribution is 2.19. The van der Waals surface area contributed by atoms with Gasteiger partial charge in [0.15, 0.2) is 0 Å². The number of hydrogen-bond donors (Lipinski definition) is 1. The van der Waals surface area contributed by atoms with Gasteiger partial charge in [-0.05, 0) is 35.9 Å². The van der Waals surface area contributed by atoms with Crippen molar-refractivity contribution in [3.63, 3.8) is 0 Å². The summed E-state index contributed by atoms with van der Waals surface area (Å²) in [4.78, 5) is -0.0427. The van der Waals surface area contributed by atoms with Crippen LogP contribution in [-0.2, 0) is 16.6 Å². The van der Waals surface area contributed by atoms with Crippen molar-refractivity contribution >= 4 is 16.5 Å². The Labute approximate surface area is 110 Å². The number of anilines is 1. The number of nitrogen functional groups attached to an aromatic ring is 1. The lowest BCUT2D eigenvalue weighted by Crippen LogP contribution is -2.01. The molecule has 0 fully saturated rings. The highest BCUT2D eigenvalue weighted by Gasteiger charge is 2.12. The van der Waals surface area contributed by atoms with E-state index in [1.54, 1.807) is 0 Å². The first kappa shape index (κ1) is 13.6. The van der Waals surface area contributed by atoms with Gasteiger partial charge in [-0.1, -0.05) is 0 Å². The van der Waals surface area contributed by atoms with Crippen LogP contribution in [0.25, 0.3) is 0 Å². The molecule has 0 radical (unpaired) electrons. The summed E-state index contributed by atoms with van der Waals surface area (Å²) >= 11 is 0. The second-order valence-corrected chi connectivity index (χ2v) is 5.38. The standard InChI is InChI=1S/C13H10F3NOS/c14-9-3-8(4-10(15)5-9)7-19(18)13-2-1-11(17)6-12(13)16/h1-6H,7,17H2. The maximum atomic E-state index is 13.5. The van der Waals surface area contributed by atoms with Crippen molar-refractivity contribution in [2.45, 2.75) is 10.6 Å². The lowest BCUT2D eigenvalue weighted by molar-refractivity contribution is 0.581. The average Bonchev–Trinajstić information content (AvgIpc) is 2.26. The third kappa shape index (κ3) is 3.35. The number of rotatable bonds is 3. The molecule has 6 heteroatoms. The molecule has 1 atom stereocenters. The molecule has 0 aromatic heterocycles. The zero-order valence-electron chi connectivity index (χ0n) is 9.70. The first-order valence-corrected chi connectivity index (χ1v) is 6.66. The van der Waals surface area contributed by atoms with Gasteiger partial charge in [-0.2, -0.15) is 0 Å². The summed E-state index contributed by atoms with van der Waals surface area (Å²) in [5.41, 5.74) is 5.80. The van der Waals surface area contributed by atoms with Gasteiger partial charge in [0.05, 0.1) is 21.4 Å². The summed E-state index contributed by atoms with van der Waals surface area (Å²) in [6, 6.07) is 6.63. The van der Waals surface area contributed by atoms with Crippen LogP contribution in [0, 0.1) is 17.5 Å². The van der Waals surface area contributed by atoms with Gasteiger partial charge in [0.1, 0.15) is 17.5 Å². The minimum atomic E-state index is -1.73. The summed E-state index contributed by atoms with van der Waals surface area (Å²) in [5.74, 6) is -2.39. The Morgan fingerprint density at radius 3 is 2.21 bits per heavy atom. The van der Waals surface area contributed by atoms with Crippen LogP contribution >= 0.6 is 0 Å². The van der Waals surface area contributed by atoms with E-state index in [1.165, 1.54) is 12.1 Å². The molecule has 0 aliphatic heterocycles. The van der Waals surface area contributed by atoms with Crippen LogP contribution in [0.15, 0.2) is 41.3 Å². The second kappa shape index (κ2) is 5.44. The predicted molar refractivity (Wildman–Crippen MR) is 67.3 cm³/mol. The van der Waals surface area contributed by atoms with E-state index in [4.69, 9.17) is 5.73 Å². The molecule has 0 spiro atoms. The van der Waals surface area contributed by atoms with Crippen molar-refractivity contribution in [2.75, 3.05) is 5.73 Å². The number of benzene rings is 2. The zero-order chi connectivity index (χ0) is 14.0. The first-order chi connectivity index (χ1) is 8.95. The number of hydrogen-bond acceptors (Lipinski definition) is 2. The third-order valence-electron chi connectivity index (χ3n) is 2.42. The van der Waals surface area contributed by atoms with Gasteiger partial charge >= 0.3 is 0 Å². The van der Waals surface area contributed by atoms with E-state index < -0.39 is 28.3 Å². The van der Waals surface area contributed by atoms with E-state index in [0.717, 1.165) is 24.3 Å².